The Bertz CT molecular complexity index is 379. The Kier molecular flexibility index (Phi) is 1.77. The van der Waals surface area contributed by atoms with E-state index in [0.29, 0.717) is 19.0 Å². The summed E-state index contributed by atoms with van der Waals surface area (Å²) in [5.41, 5.74) is 0. The van der Waals surface area contributed by atoms with Crippen LogP contribution in [0.15, 0.2) is 5.38 Å². The molecule has 1 saturated carbocycles. The van der Waals surface area contributed by atoms with Crippen LogP contribution in [-0.2, 0) is 0 Å². The molecule has 1 aromatic rings. The molecule has 2 aliphatic rings. The third kappa shape index (κ3) is 1.21. The Morgan fingerprint density at radius 2 is 2.14 bits per heavy atom. The molecule has 3 nitrogen and oxygen atoms in total. The van der Waals surface area contributed by atoms with E-state index in [4.69, 9.17) is 9.47 Å². The number of carbonyl (C=O) groups excluding carboxylic acids is 1. The summed E-state index contributed by atoms with van der Waals surface area (Å²) in [4.78, 5) is 12.6. The maximum absolute atomic E-state index is 11.8. The summed E-state index contributed by atoms with van der Waals surface area (Å²) in [7, 11) is 0. The maximum atomic E-state index is 11.8. The number of Topliss-reactive ketones (excluding diaryl/α,β-unsaturated/α-hetero) is 1. The predicted octanol–water partition coefficient (Wildman–Crippen LogP) is 2.11. The van der Waals surface area contributed by atoms with Gasteiger partial charge in [0, 0.05) is 11.3 Å². The van der Waals surface area contributed by atoms with Crippen molar-refractivity contribution >= 4 is 17.1 Å². The molecule has 14 heavy (non-hydrogen) atoms. The molecule has 0 spiro atoms. The summed E-state index contributed by atoms with van der Waals surface area (Å²) >= 11 is 1.44. The zero-order valence-corrected chi connectivity index (χ0v) is 8.43. The molecule has 0 N–H and O–H groups in total. The predicted molar refractivity (Wildman–Crippen MR) is 52.4 cm³/mol. The smallest absolute Gasteiger partial charge is 0.183 e. The van der Waals surface area contributed by atoms with E-state index in [1.165, 1.54) is 11.3 Å². The fraction of sp³-hybridized carbons (Fsp3) is 0.500. The molecule has 74 valence electrons. The maximum Gasteiger partial charge on any atom is 0.183 e. The number of fused-ring (bicyclic) bond motifs is 1. The summed E-state index contributed by atoms with van der Waals surface area (Å²) in [5, 5.41) is 1.87. The molecule has 4 heteroatoms. The van der Waals surface area contributed by atoms with E-state index in [0.717, 1.165) is 23.5 Å². The summed E-state index contributed by atoms with van der Waals surface area (Å²) in [6.07, 6.45) is 2.07. The second-order valence-electron chi connectivity index (χ2n) is 3.59. The van der Waals surface area contributed by atoms with Crippen LogP contribution in [0, 0.1) is 5.92 Å². The molecule has 0 atom stereocenters. The van der Waals surface area contributed by atoms with E-state index in [-0.39, 0.29) is 11.7 Å². The van der Waals surface area contributed by atoms with Crippen molar-refractivity contribution < 1.29 is 14.3 Å². The topological polar surface area (TPSA) is 35.5 Å². The second-order valence-corrected chi connectivity index (χ2v) is 4.47. The molecule has 2 heterocycles. The van der Waals surface area contributed by atoms with Gasteiger partial charge in [-0.2, -0.15) is 0 Å². The molecular weight excluding hydrogens is 200 g/mol. The molecule has 1 fully saturated rings. The minimum Gasteiger partial charge on any atom is -0.485 e. The van der Waals surface area contributed by atoms with Crippen LogP contribution < -0.4 is 9.47 Å². The van der Waals surface area contributed by atoms with E-state index in [2.05, 4.69) is 0 Å². The number of ether oxygens (including phenoxy) is 2. The van der Waals surface area contributed by atoms with Crippen molar-refractivity contribution in [2.45, 2.75) is 12.8 Å². The first kappa shape index (κ1) is 8.29. The number of rotatable bonds is 2. The molecule has 0 radical (unpaired) electrons. The Labute approximate surface area is 85.6 Å². The average molecular weight is 210 g/mol. The molecule has 0 aromatic carbocycles. The molecule has 1 aliphatic carbocycles. The lowest BCUT2D eigenvalue weighted by atomic mass is 10.2. The van der Waals surface area contributed by atoms with Crippen LogP contribution in [0.2, 0.25) is 0 Å². The van der Waals surface area contributed by atoms with E-state index in [1.807, 2.05) is 5.38 Å². The van der Waals surface area contributed by atoms with Crippen molar-refractivity contribution in [2.24, 2.45) is 5.92 Å². The molecule has 0 unspecified atom stereocenters. The van der Waals surface area contributed by atoms with E-state index < -0.39 is 0 Å². The molecule has 1 aromatic heterocycles. The summed E-state index contributed by atoms with van der Waals surface area (Å²) in [6, 6.07) is 0. The monoisotopic (exact) mass is 210 g/mol. The van der Waals surface area contributed by atoms with E-state index in [9.17, 15) is 4.79 Å². The van der Waals surface area contributed by atoms with Gasteiger partial charge in [0.25, 0.3) is 0 Å². The molecule has 1 aliphatic heterocycles. The number of ketones is 1. The first-order valence-corrected chi connectivity index (χ1v) is 5.65. The zero-order chi connectivity index (χ0) is 9.54. The molecule has 3 rings (SSSR count). The number of hydrogen-bond acceptors (Lipinski definition) is 4. The van der Waals surface area contributed by atoms with Gasteiger partial charge < -0.3 is 9.47 Å². The van der Waals surface area contributed by atoms with Gasteiger partial charge in [-0.1, -0.05) is 0 Å². The van der Waals surface area contributed by atoms with Crippen LogP contribution in [0.3, 0.4) is 0 Å². The summed E-state index contributed by atoms with van der Waals surface area (Å²) in [6.45, 7) is 1.13. The molecular formula is C10H10O3S. The van der Waals surface area contributed by atoms with Gasteiger partial charge in [0.2, 0.25) is 0 Å². The lowest BCUT2D eigenvalue weighted by Crippen LogP contribution is -2.15. The van der Waals surface area contributed by atoms with Gasteiger partial charge in [0.05, 0.1) is 0 Å². The van der Waals surface area contributed by atoms with Gasteiger partial charge in [-0.05, 0) is 12.8 Å². The quantitative estimate of drug-likeness (QED) is 0.701. The minimum absolute atomic E-state index is 0.238. The summed E-state index contributed by atoms with van der Waals surface area (Å²) in [5.74, 6) is 1.91. The second kappa shape index (κ2) is 2.98. The van der Waals surface area contributed by atoms with Crippen molar-refractivity contribution in [1.29, 1.82) is 0 Å². The van der Waals surface area contributed by atoms with Crippen LogP contribution in [-0.4, -0.2) is 19.0 Å². The van der Waals surface area contributed by atoms with E-state index in [1.54, 1.807) is 0 Å². The minimum atomic E-state index is 0.238. The van der Waals surface area contributed by atoms with Gasteiger partial charge >= 0.3 is 0 Å². The Morgan fingerprint density at radius 3 is 2.93 bits per heavy atom. The zero-order valence-electron chi connectivity index (χ0n) is 7.62. The van der Waals surface area contributed by atoms with Gasteiger partial charge in [-0.3, -0.25) is 4.79 Å². The molecule has 0 bridgehead atoms. The van der Waals surface area contributed by atoms with Crippen molar-refractivity contribution in [3.05, 3.63) is 10.3 Å². The van der Waals surface area contributed by atoms with Crippen LogP contribution in [0.5, 0.6) is 11.5 Å². The molecule has 0 amide bonds. The average Bonchev–Trinajstić information content (AvgIpc) is 2.97. The lowest BCUT2D eigenvalue weighted by molar-refractivity contribution is 0.0962. The highest BCUT2D eigenvalue weighted by atomic mass is 32.1. The highest BCUT2D eigenvalue weighted by molar-refractivity contribution is 7.12. The number of thiophene rings is 1. The normalized spacial score (nSPS) is 19.4. The largest absolute Gasteiger partial charge is 0.485 e. The van der Waals surface area contributed by atoms with Gasteiger partial charge in [-0.25, -0.2) is 0 Å². The third-order valence-electron chi connectivity index (χ3n) is 2.47. The van der Waals surface area contributed by atoms with Gasteiger partial charge in [0.1, 0.15) is 18.1 Å². The van der Waals surface area contributed by atoms with Gasteiger partial charge in [-0.15, -0.1) is 11.3 Å². The number of hydrogen-bond donors (Lipinski definition) is 0. The van der Waals surface area contributed by atoms with Crippen molar-refractivity contribution in [3.8, 4) is 11.5 Å². The number of carbonyl (C=O) groups is 1. The fourth-order valence-corrected chi connectivity index (χ4v) is 2.51. The highest BCUT2D eigenvalue weighted by Crippen LogP contribution is 2.43. The van der Waals surface area contributed by atoms with Crippen LogP contribution in [0.1, 0.15) is 22.5 Å². The Hall–Kier alpha value is -1.03. The van der Waals surface area contributed by atoms with Crippen molar-refractivity contribution in [1.82, 2.24) is 0 Å². The third-order valence-corrected chi connectivity index (χ3v) is 3.43. The van der Waals surface area contributed by atoms with Crippen LogP contribution in [0.4, 0.5) is 0 Å². The van der Waals surface area contributed by atoms with Crippen LogP contribution in [0.25, 0.3) is 0 Å². The Balaban J connectivity index is 1.96. The highest BCUT2D eigenvalue weighted by Gasteiger charge is 2.34. The fourth-order valence-electron chi connectivity index (χ4n) is 1.56. The van der Waals surface area contributed by atoms with Crippen molar-refractivity contribution in [3.63, 3.8) is 0 Å². The first-order valence-electron chi connectivity index (χ1n) is 4.77. The van der Waals surface area contributed by atoms with Gasteiger partial charge in [0.15, 0.2) is 17.3 Å². The summed E-state index contributed by atoms with van der Waals surface area (Å²) < 4.78 is 10.8. The lowest BCUT2D eigenvalue weighted by Gasteiger charge is -2.15. The first-order chi connectivity index (χ1) is 6.86. The Morgan fingerprint density at radius 1 is 1.36 bits per heavy atom. The van der Waals surface area contributed by atoms with Crippen molar-refractivity contribution in [2.75, 3.05) is 13.2 Å². The van der Waals surface area contributed by atoms with Crippen LogP contribution >= 0.6 is 11.3 Å². The molecule has 0 saturated heterocycles. The standard InChI is InChI=1S/C10H10O3S/c11-8(6-1-2-6)10-9-7(5-14-10)12-3-4-13-9/h5-6H,1-4H2. The SMILES string of the molecule is O=C(c1scc2c1OCCO2)C1CC1. The van der Waals surface area contributed by atoms with E-state index >= 15 is 0 Å².